The van der Waals surface area contributed by atoms with Crippen LogP contribution in [0.1, 0.15) is 5.56 Å². The van der Waals surface area contributed by atoms with Gasteiger partial charge in [-0.2, -0.15) is 4.31 Å². The first-order valence-electron chi connectivity index (χ1n) is 9.44. The molecular weight excluding hydrogens is 530 g/mol. The number of nitrogens with zero attached hydrogens (tertiary/aromatic N) is 1. The van der Waals surface area contributed by atoms with Crippen LogP contribution in [0.2, 0.25) is 20.1 Å². The molecule has 0 fully saturated rings. The predicted molar refractivity (Wildman–Crippen MR) is 132 cm³/mol. The van der Waals surface area contributed by atoms with Crippen molar-refractivity contribution >= 4 is 68.0 Å². The largest absolute Gasteiger partial charge is 0.495 e. The number of hydrogen-bond donors (Lipinski definition) is 1. The van der Waals surface area contributed by atoms with Crippen LogP contribution >= 0.6 is 46.4 Å². The molecule has 0 heterocycles. The summed E-state index contributed by atoms with van der Waals surface area (Å²) in [5, 5.41) is 3.94. The van der Waals surface area contributed by atoms with Crippen LogP contribution in [-0.2, 0) is 21.4 Å². The first kappa shape index (κ1) is 25.6. The lowest BCUT2D eigenvalue weighted by Gasteiger charge is -2.23. The highest BCUT2D eigenvalue weighted by molar-refractivity contribution is 7.89. The van der Waals surface area contributed by atoms with Gasteiger partial charge in [-0.1, -0.05) is 52.5 Å². The second kappa shape index (κ2) is 11.0. The second-order valence-corrected chi connectivity index (χ2v) is 10.4. The van der Waals surface area contributed by atoms with Crippen molar-refractivity contribution in [3.63, 3.8) is 0 Å². The number of methoxy groups -OCH3 is 1. The molecule has 3 rings (SSSR count). The summed E-state index contributed by atoms with van der Waals surface area (Å²) in [7, 11) is -2.68. The van der Waals surface area contributed by atoms with E-state index in [1.165, 1.54) is 37.4 Å². The van der Waals surface area contributed by atoms with Gasteiger partial charge in [-0.05, 0) is 54.6 Å². The fourth-order valence-corrected chi connectivity index (χ4v) is 5.15. The van der Waals surface area contributed by atoms with Gasteiger partial charge in [0.15, 0.2) is 0 Å². The molecule has 0 saturated carbocycles. The zero-order chi connectivity index (χ0) is 24.2. The summed E-state index contributed by atoms with van der Waals surface area (Å²) < 4.78 is 33.0. The van der Waals surface area contributed by atoms with Gasteiger partial charge in [0.1, 0.15) is 5.75 Å². The SMILES string of the molecule is COc1ccc(Cl)cc1NC(=O)CN(Cc1c(Cl)cccc1Cl)S(=O)(=O)c1ccc(Cl)cc1. The molecule has 11 heteroatoms. The number of anilines is 1. The fraction of sp³-hybridized carbons (Fsp3) is 0.136. The zero-order valence-electron chi connectivity index (χ0n) is 17.2. The van der Waals surface area contributed by atoms with Gasteiger partial charge in [0.05, 0.1) is 24.2 Å². The minimum Gasteiger partial charge on any atom is -0.495 e. The summed E-state index contributed by atoms with van der Waals surface area (Å²) in [5.74, 6) is -0.245. The topological polar surface area (TPSA) is 75.7 Å². The number of rotatable bonds is 8. The van der Waals surface area contributed by atoms with Crippen LogP contribution in [0.5, 0.6) is 5.75 Å². The van der Waals surface area contributed by atoms with Crippen LogP contribution in [0.25, 0.3) is 0 Å². The third-order valence-corrected chi connectivity index (χ3v) is 7.60. The fourth-order valence-electron chi connectivity index (χ4n) is 2.97. The molecule has 0 aliphatic heterocycles. The van der Waals surface area contributed by atoms with Crippen molar-refractivity contribution in [2.24, 2.45) is 0 Å². The minimum absolute atomic E-state index is 0.0387. The molecule has 0 aliphatic carbocycles. The van der Waals surface area contributed by atoms with E-state index in [2.05, 4.69) is 5.32 Å². The maximum Gasteiger partial charge on any atom is 0.243 e. The van der Waals surface area contributed by atoms with Crippen molar-refractivity contribution < 1.29 is 17.9 Å². The van der Waals surface area contributed by atoms with Crippen LogP contribution in [0.3, 0.4) is 0 Å². The maximum absolute atomic E-state index is 13.4. The molecule has 0 saturated heterocycles. The van der Waals surface area contributed by atoms with Crippen LogP contribution in [-0.4, -0.2) is 32.3 Å². The van der Waals surface area contributed by atoms with E-state index in [1.807, 2.05) is 0 Å². The summed E-state index contributed by atoms with van der Waals surface area (Å²) in [6, 6.07) is 15.1. The summed E-state index contributed by atoms with van der Waals surface area (Å²) in [5.41, 5.74) is 0.668. The molecule has 0 aromatic heterocycles. The van der Waals surface area contributed by atoms with Crippen LogP contribution in [0, 0.1) is 0 Å². The lowest BCUT2D eigenvalue weighted by atomic mass is 10.2. The Bertz CT molecular complexity index is 1250. The quantitative estimate of drug-likeness (QED) is 0.367. The number of amides is 1. The number of ether oxygens (including phenoxy) is 1. The molecule has 0 radical (unpaired) electrons. The summed E-state index contributed by atoms with van der Waals surface area (Å²) in [4.78, 5) is 12.9. The normalized spacial score (nSPS) is 11.5. The Morgan fingerprint density at radius 2 is 1.55 bits per heavy atom. The van der Waals surface area contributed by atoms with Gasteiger partial charge in [-0.25, -0.2) is 8.42 Å². The van der Waals surface area contributed by atoms with Crippen molar-refractivity contribution in [2.45, 2.75) is 11.4 Å². The molecule has 3 aromatic carbocycles. The van der Waals surface area contributed by atoms with Gasteiger partial charge < -0.3 is 10.1 Å². The van der Waals surface area contributed by atoms with E-state index in [1.54, 1.807) is 30.3 Å². The van der Waals surface area contributed by atoms with Crippen molar-refractivity contribution in [1.82, 2.24) is 4.31 Å². The highest BCUT2D eigenvalue weighted by Crippen LogP contribution is 2.30. The number of carbonyl (C=O) groups excluding carboxylic acids is 1. The number of halogens is 4. The number of carbonyl (C=O) groups is 1. The Kier molecular flexibility index (Phi) is 8.50. The molecule has 174 valence electrons. The molecule has 0 aliphatic rings. The van der Waals surface area contributed by atoms with Gasteiger partial charge in [0, 0.05) is 32.2 Å². The van der Waals surface area contributed by atoms with Crippen LogP contribution in [0.4, 0.5) is 5.69 Å². The van der Waals surface area contributed by atoms with Crippen molar-refractivity contribution in [2.75, 3.05) is 19.0 Å². The summed E-state index contributed by atoms with van der Waals surface area (Å²) in [6.07, 6.45) is 0. The minimum atomic E-state index is -4.12. The van der Waals surface area contributed by atoms with Gasteiger partial charge in [0.2, 0.25) is 15.9 Å². The lowest BCUT2D eigenvalue weighted by Crippen LogP contribution is -2.37. The van der Waals surface area contributed by atoms with Crippen molar-refractivity contribution in [3.05, 3.63) is 86.3 Å². The van der Waals surface area contributed by atoms with Gasteiger partial charge >= 0.3 is 0 Å². The Hall–Kier alpha value is -2.00. The third-order valence-electron chi connectivity index (χ3n) is 4.60. The van der Waals surface area contributed by atoms with E-state index in [4.69, 9.17) is 51.1 Å². The molecular formula is C22H18Cl4N2O4S. The molecule has 0 atom stereocenters. The molecule has 33 heavy (non-hydrogen) atoms. The van der Waals surface area contributed by atoms with Gasteiger partial charge in [-0.3, -0.25) is 4.79 Å². The van der Waals surface area contributed by atoms with Crippen LogP contribution < -0.4 is 10.1 Å². The smallest absolute Gasteiger partial charge is 0.243 e. The van der Waals surface area contributed by atoms with E-state index in [9.17, 15) is 13.2 Å². The molecule has 0 bridgehead atoms. The first-order valence-corrected chi connectivity index (χ1v) is 12.4. The Balaban J connectivity index is 1.95. The van der Waals surface area contributed by atoms with Crippen molar-refractivity contribution in [1.29, 1.82) is 0 Å². The monoisotopic (exact) mass is 546 g/mol. The predicted octanol–water partition coefficient (Wildman–Crippen LogP) is 6.14. The molecule has 0 unspecified atom stereocenters. The van der Waals surface area contributed by atoms with Crippen LogP contribution in [0.15, 0.2) is 65.6 Å². The molecule has 1 N–H and O–H groups in total. The Labute approximate surface area is 212 Å². The third kappa shape index (κ3) is 6.32. The average molecular weight is 548 g/mol. The van der Waals surface area contributed by atoms with E-state index in [-0.39, 0.29) is 21.5 Å². The number of nitrogens with one attached hydrogen (secondary N) is 1. The van der Waals surface area contributed by atoms with Crippen molar-refractivity contribution in [3.8, 4) is 5.75 Å². The molecule has 3 aromatic rings. The van der Waals surface area contributed by atoms with E-state index in [0.717, 1.165) is 4.31 Å². The maximum atomic E-state index is 13.4. The number of hydrogen-bond acceptors (Lipinski definition) is 4. The number of benzene rings is 3. The Morgan fingerprint density at radius 3 is 2.15 bits per heavy atom. The van der Waals surface area contributed by atoms with E-state index in [0.29, 0.717) is 27.0 Å². The van der Waals surface area contributed by atoms with Gasteiger partial charge in [-0.15, -0.1) is 0 Å². The lowest BCUT2D eigenvalue weighted by molar-refractivity contribution is -0.116. The van der Waals surface area contributed by atoms with Gasteiger partial charge in [0.25, 0.3) is 0 Å². The molecule has 6 nitrogen and oxygen atoms in total. The summed E-state index contributed by atoms with van der Waals surface area (Å²) >= 11 is 24.4. The Morgan fingerprint density at radius 1 is 0.939 bits per heavy atom. The standard InChI is InChI=1S/C22H18Cl4N2O4S/c1-32-21-10-7-15(24)11-20(21)27-22(29)13-28(12-17-18(25)3-2-4-19(17)26)33(30,31)16-8-5-14(23)6-9-16/h2-11H,12-13H2,1H3,(H,27,29). The second-order valence-electron chi connectivity index (χ2n) is 6.82. The summed E-state index contributed by atoms with van der Waals surface area (Å²) in [6.45, 7) is -0.758. The highest BCUT2D eigenvalue weighted by Gasteiger charge is 2.28. The molecule has 0 spiro atoms. The highest BCUT2D eigenvalue weighted by atomic mass is 35.5. The number of sulfonamides is 1. The average Bonchev–Trinajstić information content (AvgIpc) is 2.76. The zero-order valence-corrected chi connectivity index (χ0v) is 21.0. The van der Waals surface area contributed by atoms with E-state index >= 15 is 0 Å². The first-order chi connectivity index (χ1) is 15.6. The van der Waals surface area contributed by atoms with E-state index < -0.39 is 22.5 Å². The molecule has 1 amide bonds.